The van der Waals surface area contributed by atoms with E-state index in [1.54, 1.807) is 24.3 Å². The largest absolute Gasteiger partial charge is 0.381 e. The van der Waals surface area contributed by atoms with Crippen LogP contribution >= 0.6 is 0 Å². The van der Waals surface area contributed by atoms with Crippen molar-refractivity contribution < 1.29 is 22.8 Å². The second kappa shape index (κ2) is 9.75. The lowest BCUT2D eigenvalue weighted by atomic mass is 9.75. The minimum absolute atomic E-state index is 0.0478. The highest BCUT2D eigenvalue weighted by Gasteiger charge is 2.45. The maximum absolute atomic E-state index is 13.7. The summed E-state index contributed by atoms with van der Waals surface area (Å²) in [5.74, 6) is -0.371. The maximum Gasteiger partial charge on any atom is 0.257 e. The second-order valence-corrected chi connectivity index (χ2v) is 11.5. The molecule has 0 bridgehead atoms. The molecule has 2 aliphatic rings. The van der Waals surface area contributed by atoms with Gasteiger partial charge in [-0.2, -0.15) is 4.98 Å². The third kappa shape index (κ3) is 4.89. The number of fused-ring (bicyclic) bond motifs is 1. The van der Waals surface area contributed by atoms with Crippen LogP contribution in [0.2, 0.25) is 0 Å². The minimum Gasteiger partial charge on any atom is -0.381 e. The van der Waals surface area contributed by atoms with E-state index >= 15 is 0 Å². The summed E-state index contributed by atoms with van der Waals surface area (Å²) in [6.45, 7) is 5.91. The van der Waals surface area contributed by atoms with Crippen molar-refractivity contribution in [1.29, 1.82) is 0 Å². The third-order valence-electron chi connectivity index (χ3n) is 7.29. The number of carbonyl (C=O) groups is 1. The van der Waals surface area contributed by atoms with Crippen molar-refractivity contribution in [3.8, 4) is 0 Å². The fraction of sp³-hybridized carbons (Fsp3) is 0.625. The van der Waals surface area contributed by atoms with Gasteiger partial charge in [-0.05, 0) is 42.7 Å². The minimum atomic E-state index is -3.69. The molecule has 1 aliphatic carbocycles. The van der Waals surface area contributed by atoms with Crippen molar-refractivity contribution in [2.24, 2.45) is 11.3 Å². The Morgan fingerprint density at radius 3 is 2.65 bits per heavy atom. The summed E-state index contributed by atoms with van der Waals surface area (Å²) in [5.41, 5.74) is 0.565. The van der Waals surface area contributed by atoms with Crippen molar-refractivity contribution in [1.82, 2.24) is 20.2 Å². The Morgan fingerprint density at radius 2 is 2.00 bits per heavy atom. The Balaban J connectivity index is 1.61. The molecule has 9 nitrogen and oxygen atoms in total. The van der Waals surface area contributed by atoms with Crippen LogP contribution in [0.25, 0.3) is 0 Å². The molecular weight excluding hydrogens is 456 g/mol. The summed E-state index contributed by atoms with van der Waals surface area (Å²) in [4.78, 5) is 18.1. The summed E-state index contributed by atoms with van der Waals surface area (Å²) >= 11 is 0. The Kier molecular flexibility index (Phi) is 7.12. The number of aliphatic hydroxyl groups is 1. The molecule has 2 aromatic rings. The molecule has 0 spiro atoms. The number of aliphatic hydroxyl groups excluding tert-OH is 1. The first-order valence-electron chi connectivity index (χ1n) is 12.1. The van der Waals surface area contributed by atoms with Crippen LogP contribution in [0.4, 0.5) is 0 Å². The quantitative estimate of drug-likeness (QED) is 0.491. The van der Waals surface area contributed by atoms with E-state index in [4.69, 9.17) is 4.52 Å². The summed E-state index contributed by atoms with van der Waals surface area (Å²) in [5, 5.41) is 17.6. The van der Waals surface area contributed by atoms with Crippen LogP contribution in [-0.2, 0) is 21.2 Å². The summed E-state index contributed by atoms with van der Waals surface area (Å²) in [7, 11) is -3.69. The van der Waals surface area contributed by atoms with Crippen molar-refractivity contribution in [3.05, 3.63) is 41.5 Å². The molecule has 1 aromatic heterocycles. The van der Waals surface area contributed by atoms with Crippen LogP contribution in [0.5, 0.6) is 0 Å². The Labute approximate surface area is 200 Å². The molecule has 4 rings (SSSR count). The molecule has 1 aromatic carbocycles. The standard InChI is InChI=1S/C24H34N4O5S/c1-4-17(21(29)23-26-19(5-2)27-33-23)25-22(30)16(14-24(3)12-8-9-13-24)20-15-10-6-7-11-18(15)34(31,32)28-20/h6-7,10-11,16-17,20-21,28-29H,4-5,8-9,12-14H2,1-3H3,(H,25,30)/t16-,17+,20?,21?/m1/s1. The van der Waals surface area contributed by atoms with Gasteiger partial charge in [-0.15, -0.1) is 0 Å². The molecule has 1 saturated carbocycles. The topological polar surface area (TPSA) is 134 Å². The monoisotopic (exact) mass is 490 g/mol. The molecule has 186 valence electrons. The Hall–Kier alpha value is -2.30. The smallest absolute Gasteiger partial charge is 0.257 e. The number of nitrogens with one attached hydrogen (secondary N) is 2. The molecule has 0 radical (unpaired) electrons. The van der Waals surface area contributed by atoms with E-state index in [0.29, 0.717) is 30.7 Å². The van der Waals surface area contributed by atoms with Crippen LogP contribution in [0, 0.1) is 11.3 Å². The summed E-state index contributed by atoms with van der Waals surface area (Å²) in [6.07, 6.45) is 4.61. The highest BCUT2D eigenvalue weighted by Crippen LogP contribution is 2.47. The van der Waals surface area contributed by atoms with Gasteiger partial charge in [0.05, 0.1) is 22.9 Å². The molecule has 10 heteroatoms. The molecular formula is C24H34N4O5S. The van der Waals surface area contributed by atoms with Crippen molar-refractivity contribution in [3.63, 3.8) is 0 Å². The van der Waals surface area contributed by atoms with E-state index in [9.17, 15) is 18.3 Å². The van der Waals surface area contributed by atoms with Crippen LogP contribution < -0.4 is 10.0 Å². The zero-order chi connectivity index (χ0) is 24.5. The van der Waals surface area contributed by atoms with Gasteiger partial charge < -0.3 is 14.9 Å². The predicted octanol–water partition coefficient (Wildman–Crippen LogP) is 3.18. The first-order valence-corrected chi connectivity index (χ1v) is 13.6. The first kappa shape index (κ1) is 24.8. The number of sulfonamides is 1. The SMILES string of the molecule is CCc1noc(C(O)[C@H](CC)NC(=O)[C@H](CC2(C)CCCC2)C2NS(=O)(=O)c3ccccc32)n1. The highest BCUT2D eigenvalue weighted by molar-refractivity contribution is 7.89. The van der Waals surface area contributed by atoms with Crippen LogP contribution in [0.1, 0.15) is 88.7 Å². The van der Waals surface area contributed by atoms with Crippen molar-refractivity contribution in [2.45, 2.75) is 88.8 Å². The zero-order valence-corrected chi connectivity index (χ0v) is 20.8. The number of hydrogen-bond acceptors (Lipinski definition) is 7. The summed E-state index contributed by atoms with van der Waals surface area (Å²) < 4.78 is 33.5. The van der Waals surface area contributed by atoms with Crippen molar-refractivity contribution in [2.75, 3.05) is 0 Å². The van der Waals surface area contributed by atoms with Gasteiger partial charge in [-0.25, -0.2) is 13.1 Å². The molecule has 1 fully saturated rings. The van der Waals surface area contributed by atoms with Gasteiger partial charge in [-0.3, -0.25) is 4.79 Å². The van der Waals surface area contributed by atoms with E-state index < -0.39 is 34.1 Å². The number of carbonyl (C=O) groups excluding carboxylic acids is 1. The number of amides is 1. The molecule has 34 heavy (non-hydrogen) atoms. The third-order valence-corrected chi connectivity index (χ3v) is 8.80. The highest BCUT2D eigenvalue weighted by atomic mass is 32.2. The molecule has 1 amide bonds. The molecule has 1 aliphatic heterocycles. The fourth-order valence-electron chi connectivity index (χ4n) is 5.30. The van der Waals surface area contributed by atoms with E-state index in [0.717, 1.165) is 25.7 Å². The lowest BCUT2D eigenvalue weighted by Gasteiger charge is -2.33. The van der Waals surface area contributed by atoms with Crippen LogP contribution in [0.3, 0.4) is 0 Å². The number of aryl methyl sites for hydroxylation is 1. The second-order valence-electron chi connectivity index (χ2n) is 9.84. The molecule has 2 unspecified atom stereocenters. The molecule has 2 heterocycles. The first-order chi connectivity index (χ1) is 16.2. The average molecular weight is 491 g/mol. The van der Waals surface area contributed by atoms with Gasteiger partial charge in [0.25, 0.3) is 5.89 Å². The van der Waals surface area contributed by atoms with Gasteiger partial charge in [0.2, 0.25) is 15.9 Å². The Morgan fingerprint density at radius 1 is 1.29 bits per heavy atom. The van der Waals surface area contributed by atoms with Crippen molar-refractivity contribution >= 4 is 15.9 Å². The lowest BCUT2D eigenvalue weighted by molar-refractivity contribution is -0.128. The average Bonchev–Trinajstić information content (AvgIpc) is 3.54. The number of aromatic nitrogens is 2. The zero-order valence-electron chi connectivity index (χ0n) is 20.0. The van der Waals surface area contributed by atoms with E-state index in [-0.39, 0.29) is 22.1 Å². The van der Waals surface area contributed by atoms with Gasteiger partial charge in [-0.1, -0.05) is 57.0 Å². The van der Waals surface area contributed by atoms with Gasteiger partial charge in [0, 0.05) is 6.42 Å². The summed E-state index contributed by atoms with van der Waals surface area (Å²) in [6, 6.07) is 5.51. The van der Waals surface area contributed by atoms with Gasteiger partial charge >= 0.3 is 0 Å². The van der Waals surface area contributed by atoms with Gasteiger partial charge in [0.15, 0.2) is 11.9 Å². The lowest BCUT2D eigenvalue weighted by Crippen LogP contribution is -2.46. The maximum atomic E-state index is 13.7. The number of benzene rings is 1. The van der Waals surface area contributed by atoms with E-state index in [1.807, 2.05) is 13.8 Å². The number of rotatable bonds is 9. The Bertz CT molecular complexity index is 1130. The normalized spacial score (nSPS) is 23.2. The van der Waals surface area contributed by atoms with Gasteiger partial charge in [0.1, 0.15) is 0 Å². The fourth-order valence-corrected chi connectivity index (χ4v) is 6.81. The van der Waals surface area contributed by atoms with Crippen LogP contribution in [-0.4, -0.2) is 35.6 Å². The van der Waals surface area contributed by atoms with E-state index in [2.05, 4.69) is 27.1 Å². The molecule has 4 atom stereocenters. The molecule has 3 N–H and O–H groups in total. The predicted molar refractivity (Wildman–Crippen MR) is 125 cm³/mol. The number of nitrogens with zero attached hydrogens (tertiary/aromatic N) is 2. The molecule has 0 saturated heterocycles. The van der Waals surface area contributed by atoms with Crippen LogP contribution in [0.15, 0.2) is 33.7 Å². The van der Waals surface area contributed by atoms with E-state index in [1.165, 1.54) is 0 Å². The number of hydrogen-bond donors (Lipinski definition) is 3.